The molecule has 2 atom stereocenters. The summed E-state index contributed by atoms with van der Waals surface area (Å²) in [5, 5.41) is 10.5. The topological polar surface area (TPSA) is 49.8 Å². The third-order valence-corrected chi connectivity index (χ3v) is 5.02. The molecule has 0 aromatic heterocycles. The lowest BCUT2D eigenvalue weighted by Crippen LogP contribution is -2.44. The van der Waals surface area contributed by atoms with E-state index in [1.165, 1.54) is 12.1 Å². The van der Waals surface area contributed by atoms with Crippen LogP contribution < -0.4 is 0 Å². The van der Waals surface area contributed by atoms with E-state index in [-0.39, 0.29) is 23.6 Å². The Balaban J connectivity index is 1.53. The molecule has 1 amide bonds. The molecule has 1 N–H and O–H groups in total. The Morgan fingerprint density at radius 1 is 1.22 bits per heavy atom. The van der Waals surface area contributed by atoms with Crippen molar-refractivity contribution in [3.63, 3.8) is 0 Å². The van der Waals surface area contributed by atoms with Crippen LogP contribution >= 0.6 is 0 Å². The minimum Gasteiger partial charge on any atom is -0.388 e. The van der Waals surface area contributed by atoms with Gasteiger partial charge in [0.05, 0.1) is 18.6 Å². The normalized spacial score (nSPS) is 24.4. The first kappa shape index (κ1) is 16.4. The van der Waals surface area contributed by atoms with E-state index in [1.54, 1.807) is 12.1 Å². The van der Waals surface area contributed by atoms with E-state index in [0.717, 1.165) is 37.9 Å². The molecule has 0 bridgehead atoms. The monoisotopic (exact) mass is 321 g/mol. The first-order chi connectivity index (χ1) is 11.1. The van der Waals surface area contributed by atoms with Gasteiger partial charge in [0.15, 0.2) is 0 Å². The van der Waals surface area contributed by atoms with Crippen LogP contribution in [0.4, 0.5) is 4.39 Å². The maximum Gasteiger partial charge on any atom is 0.228 e. The van der Waals surface area contributed by atoms with Crippen molar-refractivity contribution >= 4 is 5.91 Å². The fourth-order valence-corrected chi connectivity index (χ4v) is 3.56. The summed E-state index contributed by atoms with van der Waals surface area (Å²) >= 11 is 0. The summed E-state index contributed by atoms with van der Waals surface area (Å²) in [4.78, 5) is 14.4. The van der Waals surface area contributed by atoms with Crippen LogP contribution in [0.3, 0.4) is 0 Å². The highest BCUT2D eigenvalue weighted by Gasteiger charge is 2.32. The average Bonchev–Trinajstić information content (AvgIpc) is 2.62. The molecule has 23 heavy (non-hydrogen) atoms. The molecule has 2 saturated heterocycles. The molecule has 1 aromatic carbocycles. The summed E-state index contributed by atoms with van der Waals surface area (Å²) in [5.41, 5.74) is 0.747. The number of nitrogens with zero attached hydrogens (tertiary/aromatic N) is 1. The smallest absolute Gasteiger partial charge is 0.228 e. The molecule has 126 valence electrons. The number of amides is 1. The van der Waals surface area contributed by atoms with Crippen LogP contribution in [-0.4, -0.2) is 42.2 Å². The van der Waals surface area contributed by atoms with E-state index < -0.39 is 6.10 Å². The zero-order valence-electron chi connectivity index (χ0n) is 13.3. The van der Waals surface area contributed by atoms with Crippen molar-refractivity contribution in [1.29, 1.82) is 0 Å². The summed E-state index contributed by atoms with van der Waals surface area (Å²) < 4.78 is 18.4. The van der Waals surface area contributed by atoms with Crippen LogP contribution in [0.2, 0.25) is 0 Å². The molecule has 2 aliphatic rings. The highest BCUT2D eigenvalue weighted by molar-refractivity contribution is 5.79. The van der Waals surface area contributed by atoms with E-state index in [2.05, 4.69) is 0 Å². The number of piperidine rings is 1. The van der Waals surface area contributed by atoms with Gasteiger partial charge in [-0.15, -0.1) is 0 Å². The van der Waals surface area contributed by atoms with Gasteiger partial charge in [-0.1, -0.05) is 12.1 Å². The molecule has 3 rings (SSSR count). The lowest BCUT2D eigenvalue weighted by atomic mass is 9.87. The van der Waals surface area contributed by atoms with E-state index in [4.69, 9.17) is 4.74 Å². The molecule has 1 aromatic rings. The summed E-state index contributed by atoms with van der Waals surface area (Å²) in [6, 6.07) is 6.02. The molecule has 0 aliphatic carbocycles. The number of carbonyl (C=O) groups excluding carboxylic acids is 1. The van der Waals surface area contributed by atoms with Gasteiger partial charge in [-0.3, -0.25) is 4.79 Å². The zero-order valence-corrected chi connectivity index (χ0v) is 13.3. The van der Waals surface area contributed by atoms with Crippen LogP contribution in [0.15, 0.2) is 24.3 Å². The van der Waals surface area contributed by atoms with Crippen molar-refractivity contribution in [2.45, 2.75) is 31.8 Å². The van der Waals surface area contributed by atoms with E-state index >= 15 is 0 Å². The maximum absolute atomic E-state index is 13.0. The second-order valence-corrected chi connectivity index (χ2v) is 6.57. The number of aliphatic hydroxyl groups is 1. The first-order valence-corrected chi connectivity index (χ1v) is 8.45. The molecule has 0 radical (unpaired) electrons. The van der Waals surface area contributed by atoms with Crippen LogP contribution in [-0.2, 0) is 9.53 Å². The standard InChI is InChI=1S/C18H24FNO3/c19-16-5-3-13(4-6-16)17(21)14-7-9-20(10-8-14)18(22)15-2-1-11-23-12-15/h3-6,14-15,17,21H,1-2,7-12H2. The number of carbonyl (C=O) groups is 1. The third-order valence-electron chi connectivity index (χ3n) is 5.02. The molecule has 2 aliphatic heterocycles. The zero-order chi connectivity index (χ0) is 16.2. The summed E-state index contributed by atoms with van der Waals surface area (Å²) in [6.07, 6.45) is 2.83. The Hall–Kier alpha value is -1.46. The van der Waals surface area contributed by atoms with Gasteiger partial charge < -0.3 is 14.7 Å². The quantitative estimate of drug-likeness (QED) is 0.931. The predicted octanol–water partition coefficient (Wildman–Crippen LogP) is 2.52. The largest absolute Gasteiger partial charge is 0.388 e. The molecule has 0 spiro atoms. The highest BCUT2D eigenvalue weighted by atomic mass is 19.1. The van der Waals surface area contributed by atoms with Gasteiger partial charge in [0.25, 0.3) is 0 Å². The van der Waals surface area contributed by atoms with E-state index in [9.17, 15) is 14.3 Å². The SMILES string of the molecule is O=C(C1CCCOC1)N1CCC(C(O)c2ccc(F)cc2)CC1. The van der Waals surface area contributed by atoms with Gasteiger partial charge in [-0.05, 0) is 49.3 Å². The van der Waals surface area contributed by atoms with Crippen LogP contribution in [0.25, 0.3) is 0 Å². The van der Waals surface area contributed by atoms with Crippen molar-refractivity contribution in [3.05, 3.63) is 35.6 Å². The number of likely N-dealkylation sites (tertiary alicyclic amines) is 1. The number of rotatable bonds is 3. The summed E-state index contributed by atoms with van der Waals surface area (Å²) in [5.74, 6) is 0.0185. The second-order valence-electron chi connectivity index (χ2n) is 6.57. The van der Waals surface area contributed by atoms with Crippen molar-refractivity contribution < 1.29 is 19.0 Å². The summed E-state index contributed by atoms with van der Waals surface area (Å²) in [7, 11) is 0. The fourth-order valence-electron chi connectivity index (χ4n) is 3.56. The van der Waals surface area contributed by atoms with Crippen molar-refractivity contribution in [3.8, 4) is 0 Å². The highest BCUT2D eigenvalue weighted by Crippen LogP contribution is 2.31. The van der Waals surface area contributed by atoms with Gasteiger partial charge in [0.1, 0.15) is 5.82 Å². The third kappa shape index (κ3) is 3.90. The Labute approximate surface area is 136 Å². The van der Waals surface area contributed by atoms with Gasteiger partial charge in [0.2, 0.25) is 5.91 Å². The van der Waals surface area contributed by atoms with Crippen molar-refractivity contribution in [2.24, 2.45) is 11.8 Å². The molecule has 0 saturated carbocycles. The lowest BCUT2D eigenvalue weighted by Gasteiger charge is -2.36. The van der Waals surface area contributed by atoms with Crippen LogP contribution in [0, 0.1) is 17.7 Å². The number of benzene rings is 1. The number of halogens is 1. The number of ether oxygens (including phenoxy) is 1. The van der Waals surface area contributed by atoms with Crippen LogP contribution in [0.1, 0.15) is 37.4 Å². The average molecular weight is 321 g/mol. The number of hydrogen-bond donors (Lipinski definition) is 1. The summed E-state index contributed by atoms with van der Waals surface area (Å²) in [6.45, 7) is 2.66. The minimum atomic E-state index is -0.592. The van der Waals surface area contributed by atoms with E-state index in [0.29, 0.717) is 19.7 Å². The fraction of sp³-hybridized carbons (Fsp3) is 0.611. The molecule has 2 heterocycles. The van der Waals surface area contributed by atoms with Crippen molar-refractivity contribution in [2.75, 3.05) is 26.3 Å². The Kier molecular flexibility index (Phi) is 5.28. The van der Waals surface area contributed by atoms with Crippen molar-refractivity contribution in [1.82, 2.24) is 4.90 Å². The predicted molar refractivity (Wildman–Crippen MR) is 84.2 cm³/mol. The van der Waals surface area contributed by atoms with Gasteiger partial charge in [0, 0.05) is 19.7 Å². The van der Waals surface area contributed by atoms with Gasteiger partial charge in [-0.25, -0.2) is 4.39 Å². The van der Waals surface area contributed by atoms with E-state index in [1.807, 2.05) is 4.90 Å². The number of hydrogen-bond acceptors (Lipinski definition) is 3. The Morgan fingerprint density at radius 2 is 1.91 bits per heavy atom. The molecular formula is C18H24FNO3. The number of aliphatic hydroxyl groups excluding tert-OH is 1. The maximum atomic E-state index is 13.0. The molecule has 2 unspecified atom stereocenters. The molecule has 5 heteroatoms. The molecule has 4 nitrogen and oxygen atoms in total. The Bertz CT molecular complexity index is 520. The molecule has 2 fully saturated rings. The first-order valence-electron chi connectivity index (χ1n) is 8.45. The molecular weight excluding hydrogens is 297 g/mol. The van der Waals surface area contributed by atoms with Gasteiger partial charge >= 0.3 is 0 Å². The second kappa shape index (κ2) is 7.41. The lowest BCUT2D eigenvalue weighted by molar-refractivity contribution is -0.141. The van der Waals surface area contributed by atoms with Crippen LogP contribution in [0.5, 0.6) is 0 Å². The Morgan fingerprint density at radius 3 is 2.52 bits per heavy atom. The minimum absolute atomic E-state index is 0.00215. The van der Waals surface area contributed by atoms with Gasteiger partial charge in [-0.2, -0.15) is 0 Å².